The van der Waals surface area contributed by atoms with E-state index >= 15 is 0 Å². The Hall–Kier alpha value is -1.03. The van der Waals surface area contributed by atoms with Crippen LogP contribution in [-0.2, 0) is 4.74 Å². The number of amides is 2. The number of urea groups is 1. The standard InChI is InChI=1S/C14H24N2O2/c1-11(13-7-4-10-18-13)16-14(17)15-9-8-12-5-2-3-6-12/h5,11,13H,2-4,6-10H2,1H3,(H2,15,16,17)/t11-,13+/m1/s1. The number of nitrogens with one attached hydrogen (secondary N) is 2. The molecule has 1 saturated heterocycles. The minimum atomic E-state index is -0.0726. The van der Waals surface area contributed by atoms with Gasteiger partial charge in [0, 0.05) is 13.2 Å². The molecular weight excluding hydrogens is 228 g/mol. The van der Waals surface area contributed by atoms with Gasteiger partial charge in [-0.25, -0.2) is 4.79 Å². The van der Waals surface area contributed by atoms with Crippen LogP contribution in [0.1, 0.15) is 45.4 Å². The largest absolute Gasteiger partial charge is 0.376 e. The van der Waals surface area contributed by atoms with Crippen molar-refractivity contribution in [1.29, 1.82) is 0 Å². The molecule has 0 aromatic carbocycles. The molecule has 1 aliphatic heterocycles. The van der Waals surface area contributed by atoms with Gasteiger partial charge >= 0.3 is 6.03 Å². The molecule has 0 spiro atoms. The van der Waals surface area contributed by atoms with E-state index in [1.54, 1.807) is 0 Å². The summed E-state index contributed by atoms with van der Waals surface area (Å²) in [5, 5.41) is 5.87. The van der Waals surface area contributed by atoms with Gasteiger partial charge in [-0.1, -0.05) is 11.6 Å². The molecule has 0 aromatic heterocycles. The lowest BCUT2D eigenvalue weighted by Gasteiger charge is -2.20. The maximum Gasteiger partial charge on any atom is 0.315 e. The monoisotopic (exact) mass is 252 g/mol. The van der Waals surface area contributed by atoms with Gasteiger partial charge in [-0.2, -0.15) is 0 Å². The smallest absolute Gasteiger partial charge is 0.315 e. The number of hydrogen-bond donors (Lipinski definition) is 2. The summed E-state index contributed by atoms with van der Waals surface area (Å²) >= 11 is 0. The molecule has 1 heterocycles. The zero-order valence-corrected chi connectivity index (χ0v) is 11.2. The van der Waals surface area contributed by atoms with Crippen LogP contribution in [0.15, 0.2) is 11.6 Å². The molecule has 0 bridgehead atoms. The Labute approximate surface area is 109 Å². The molecule has 1 aliphatic carbocycles. The van der Waals surface area contributed by atoms with E-state index < -0.39 is 0 Å². The van der Waals surface area contributed by atoms with Crippen molar-refractivity contribution in [2.45, 2.75) is 57.6 Å². The predicted molar refractivity (Wildman–Crippen MR) is 71.5 cm³/mol. The Morgan fingerprint density at radius 1 is 1.56 bits per heavy atom. The molecule has 2 amide bonds. The lowest BCUT2D eigenvalue weighted by Crippen LogP contribution is -2.46. The van der Waals surface area contributed by atoms with Crippen LogP contribution in [-0.4, -0.2) is 31.3 Å². The summed E-state index contributed by atoms with van der Waals surface area (Å²) in [7, 11) is 0. The highest BCUT2D eigenvalue weighted by Crippen LogP contribution is 2.19. The molecule has 102 valence electrons. The van der Waals surface area contributed by atoms with E-state index in [1.165, 1.54) is 24.8 Å². The first kappa shape index (κ1) is 13.4. The van der Waals surface area contributed by atoms with Crippen molar-refractivity contribution < 1.29 is 9.53 Å². The van der Waals surface area contributed by atoms with Crippen LogP contribution < -0.4 is 10.6 Å². The first-order chi connectivity index (χ1) is 8.75. The van der Waals surface area contributed by atoms with Gasteiger partial charge in [-0.15, -0.1) is 0 Å². The highest BCUT2D eigenvalue weighted by Gasteiger charge is 2.23. The SMILES string of the molecule is C[C@@H](NC(=O)NCCC1=CCCC1)[C@@H]1CCCO1. The van der Waals surface area contributed by atoms with E-state index in [4.69, 9.17) is 4.74 Å². The van der Waals surface area contributed by atoms with E-state index in [0.29, 0.717) is 0 Å². The van der Waals surface area contributed by atoms with E-state index in [1.807, 2.05) is 6.92 Å². The number of carbonyl (C=O) groups excluding carboxylic acids is 1. The van der Waals surface area contributed by atoms with Gasteiger partial charge in [0.1, 0.15) is 0 Å². The molecule has 2 atom stereocenters. The van der Waals surface area contributed by atoms with Crippen molar-refractivity contribution in [3.8, 4) is 0 Å². The van der Waals surface area contributed by atoms with Gasteiger partial charge in [-0.3, -0.25) is 0 Å². The van der Waals surface area contributed by atoms with Crippen LogP contribution in [0, 0.1) is 0 Å². The van der Waals surface area contributed by atoms with Crippen LogP contribution in [0.3, 0.4) is 0 Å². The molecule has 0 saturated carbocycles. The maximum atomic E-state index is 11.7. The number of hydrogen-bond acceptors (Lipinski definition) is 2. The van der Waals surface area contributed by atoms with Crippen molar-refractivity contribution in [2.75, 3.05) is 13.2 Å². The van der Waals surface area contributed by atoms with Gasteiger partial charge in [-0.05, 0) is 45.4 Å². The van der Waals surface area contributed by atoms with Crippen molar-refractivity contribution in [3.63, 3.8) is 0 Å². The molecule has 0 aromatic rings. The number of allylic oxidation sites excluding steroid dienone is 1. The molecule has 4 nitrogen and oxygen atoms in total. The zero-order chi connectivity index (χ0) is 12.8. The Bertz CT molecular complexity index is 309. The molecule has 0 radical (unpaired) electrons. The number of rotatable bonds is 5. The summed E-state index contributed by atoms with van der Waals surface area (Å²) in [5.74, 6) is 0. The second-order valence-corrected chi connectivity index (χ2v) is 5.24. The van der Waals surface area contributed by atoms with Crippen LogP contribution in [0.2, 0.25) is 0 Å². The minimum absolute atomic E-state index is 0.0726. The zero-order valence-electron chi connectivity index (χ0n) is 11.2. The van der Waals surface area contributed by atoms with Crippen LogP contribution in [0.5, 0.6) is 0 Å². The second-order valence-electron chi connectivity index (χ2n) is 5.24. The third-order valence-corrected chi connectivity index (χ3v) is 3.75. The first-order valence-electron chi connectivity index (χ1n) is 7.09. The normalized spacial score (nSPS) is 24.7. The summed E-state index contributed by atoms with van der Waals surface area (Å²) in [5.41, 5.74) is 1.49. The number of carbonyl (C=O) groups is 1. The summed E-state index contributed by atoms with van der Waals surface area (Å²) < 4.78 is 5.55. The summed E-state index contributed by atoms with van der Waals surface area (Å²) in [4.78, 5) is 11.7. The van der Waals surface area contributed by atoms with Gasteiger partial charge in [0.2, 0.25) is 0 Å². The average Bonchev–Trinajstić information content (AvgIpc) is 3.02. The van der Waals surface area contributed by atoms with Crippen molar-refractivity contribution in [1.82, 2.24) is 10.6 Å². The van der Waals surface area contributed by atoms with Gasteiger partial charge in [0.05, 0.1) is 12.1 Å². The van der Waals surface area contributed by atoms with E-state index in [-0.39, 0.29) is 18.2 Å². The summed E-state index contributed by atoms with van der Waals surface area (Å²) in [6, 6.07) is 0.0230. The molecule has 2 N–H and O–H groups in total. The highest BCUT2D eigenvalue weighted by atomic mass is 16.5. The lowest BCUT2D eigenvalue weighted by molar-refractivity contribution is 0.0860. The predicted octanol–water partition coefficient (Wildman–Crippen LogP) is 2.35. The molecular formula is C14H24N2O2. The molecule has 2 aliphatic rings. The molecule has 18 heavy (non-hydrogen) atoms. The van der Waals surface area contributed by atoms with E-state index in [0.717, 1.165) is 32.4 Å². The fourth-order valence-corrected chi connectivity index (χ4v) is 2.65. The Balaban J connectivity index is 1.59. The summed E-state index contributed by atoms with van der Waals surface area (Å²) in [6.07, 6.45) is 9.32. The molecule has 1 fully saturated rings. The highest BCUT2D eigenvalue weighted by molar-refractivity contribution is 5.74. The van der Waals surface area contributed by atoms with Crippen molar-refractivity contribution in [3.05, 3.63) is 11.6 Å². The van der Waals surface area contributed by atoms with Crippen LogP contribution in [0.4, 0.5) is 4.79 Å². The third kappa shape index (κ3) is 4.02. The lowest BCUT2D eigenvalue weighted by atomic mass is 10.1. The van der Waals surface area contributed by atoms with Crippen LogP contribution in [0.25, 0.3) is 0 Å². The minimum Gasteiger partial charge on any atom is -0.376 e. The first-order valence-corrected chi connectivity index (χ1v) is 7.09. The Morgan fingerprint density at radius 2 is 2.44 bits per heavy atom. The van der Waals surface area contributed by atoms with Gasteiger partial charge in [0.25, 0.3) is 0 Å². The van der Waals surface area contributed by atoms with Crippen LogP contribution >= 0.6 is 0 Å². The maximum absolute atomic E-state index is 11.7. The van der Waals surface area contributed by atoms with Crippen molar-refractivity contribution >= 4 is 6.03 Å². The fraction of sp³-hybridized carbons (Fsp3) is 0.786. The molecule has 0 unspecified atom stereocenters. The third-order valence-electron chi connectivity index (χ3n) is 3.75. The molecule has 4 heteroatoms. The van der Waals surface area contributed by atoms with E-state index in [9.17, 15) is 4.79 Å². The topological polar surface area (TPSA) is 50.4 Å². The quantitative estimate of drug-likeness (QED) is 0.738. The molecule has 2 rings (SSSR count). The van der Waals surface area contributed by atoms with Crippen molar-refractivity contribution in [2.24, 2.45) is 0 Å². The number of ether oxygens (including phenoxy) is 1. The fourth-order valence-electron chi connectivity index (χ4n) is 2.65. The average molecular weight is 252 g/mol. The van der Waals surface area contributed by atoms with Gasteiger partial charge in [0.15, 0.2) is 0 Å². The summed E-state index contributed by atoms with van der Waals surface area (Å²) in [6.45, 7) is 3.57. The Kier molecular flexibility index (Phi) is 5.05. The Morgan fingerprint density at radius 3 is 3.11 bits per heavy atom. The second kappa shape index (κ2) is 6.78. The van der Waals surface area contributed by atoms with E-state index in [2.05, 4.69) is 16.7 Å². The van der Waals surface area contributed by atoms with Gasteiger partial charge < -0.3 is 15.4 Å².